The predicted molar refractivity (Wildman–Crippen MR) is 106 cm³/mol. The van der Waals surface area contributed by atoms with Gasteiger partial charge in [0.25, 0.3) is 5.91 Å². The average molecular weight is 403 g/mol. The Morgan fingerprint density at radius 3 is 2.43 bits per heavy atom. The van der Waals surface area contributed by atoms with Gasteiger partial charge in [-0.3, -0.25) is 9.59 Å². The third-order valence-corrected chi connectivity index (χ3v) is 5.48. The molecule has 1 aromatic carbocycles. The minimum atomic E-state index is -0.685. The molecule has 2 aromatic rings. The molecule has 0 unspecified atom stereocenters. The topological polar surface area (TPSA) is 79.5 Å². The number of esters is 1. The SMILES string of the molecule is COC(=O)c1[nH]c(C)c(C(=O)[C@H](C)N(C(=O)c2ccccc2Cl)C2CC2)c1C. The second kappa shape index (κ2) is 7.80. The van der Waals surface area contributed by atoms with Crippen LogP contribution in [0.3, 0.4) is 0 Å². The number of rotatable bonds is 6. The minimum absolute atomic E-state index is 0.0161. The first-order valence-corrected chi connectivity index (χ1v) is 9.54. The summed E-state index contributed by atoms with van der Waals surface area (Å²) in [6, 6.07) is 6.17. The number of hydrogen-bond donors (Lipinski definition) is 1. The van der Waals surface area contributed by atoms with Crippen LogP contribution in [0.15, 0.2) is 24.3 Å². The second-order valence-corrected chi connectivity index (χ2v) is 7.49. The number of nitrogens with one attached hydrogen (secondary N) is 1. The third-order valence-electron chi connectivity index (χ3n) is 5.15. The number of nitrogens with zero attached hydrogens (tertiary/aromatic N) is 1. The predicted octanol–water partition coefficient (Wildman–Crippen LogP) is 3.95. The monoisotopic (exact) mass is 402 g/mol. The number of carbonyl (C=O) groups excluding carboxylic acids is 3. The van der Waals surface area contributed by atoms with Crippen LogP contribution >= 0.6 is 11.6 Å². The van der Waals surface area contributed by atoms with Gasteiger partial charge in [0.1, 0.15) is 5.69 Å². The van der Waals surface area contributed by atoms with Gasteiger partial charge in [-0.25, -0.2) is 4.79 Å². The summed E-state index contributed by atoms with van der Waals surface area (Å²) >= 11 is 6.21. The van der Waals surface area contributed by atoms with Gasteiger partial charge in [-0.15, -0.1) is 0 Å². The Balaban J connectivity index is 1.95. The molecular weight excluding hydrogens is 380 g/mol. The van der Waals surface area contributed by atoms with Gasteiger partial charge in [0.2, 0.25) is 0 Å². The summed E-state index contributed by atoms with van der Waals surface area (Å²) in [7, 11) is 1.29. The molecule has 1 atom stereocenters. The normalized spacial score (nSPS) is 14.5. The van der Waals surface area contributed by atoms with E-state index in [2.05, 4.69) is 4.98 Å². The lowest BCUT2D eigenvalue weighted by atomic mass is 9.99. The fourth-order valence-corrected chi connectivity index (χ4v) is 3.76. The van der Waals surface area contributed by atoms with Gasteiger partial charge in [0.15, 0.2) is 5.78 Å². The van der Waals surface area contributed by atoms with Crippen molar-refractivity contribution >= 4 is 29.3 Å². The van der Waals surface area contributed by atoms with E-state index >= 15 is 0 Å². The summed E-state index contributed by atoms with van der Waals surface area (Å²) in [4.78, 5) is 42.9. The molecule has 1 heterocycles. The molecule has 7 heteroatoms. The van der Waals surface area contributed by atoms with E-state index < -0.39 is 12.0 Å². The first-order chi connectivity index (χ1) is 13.3. The van der Waals surface area contributed by atoms with E-state index in [0.717, 1.165) is 12.8 Å². The Hall–Kier alpha value is -2.60. The number of halogens is 1. The molecule has 1 fully saturated rings. The highest BCUT2D eigenvalue weighted by Crippen LogP contribution is 2.33. The molecule has 1 saturated carbocycles. The lowest BCUT2D eigenvalue weighted by Gasteiger charge is -2.29. The molecule has 0 radical (unpaired) electrons. The van der Waals surface area contributed by atoms with Crippen molar-refractivity contribution in [3.63, 3.8) is 0 Å². The van der Waals surface area contributed by atoms with Crippen LogP contribution in [-0.2, 0) is 4.74 Å². The number of H-pyrrole nitrogens is 1. The number of ketones is 1. The van der Waals surface area contributed by atoms with Crippen LogP contribution in [0.1, 0.15) is 62.2 Å². The maximum atomic E-state index is 13.3. The van der Waals surface area contributed by atoms with E-state index in [1.165, 1.54) is 7.11 Å². The van der Waals surface area contributed by atoms with Crippen LogP contribution < -0.4 is 0 Å². The van der Waals surface area contributed by atoms with Gasteiger partial charge in [0.05, 0.1) is 23.7 Å². The van der Waals surface area contributed by atoms with Crippen molar-refractivity contribution in [3.8, 4) is 0 Å². The molecule has 28 heavy (non-hydrogen) atoms. The number of benzene rings is 1. The molecule has 1 amide bonds. The summed E-state index contributed by atoms with van der Waals surface area (Å²) < 4.78 is 4.77. The molecule has 0 aliphatic heterocycles. The van der Waals surface area contributed by atoms with E-state index in [0.29, 0.717) is 27.4 Å². The Bertz CT molecular complexity index is 946. The Morgan fingerprint density at radius 2 is 1.86 bits per heavy atom. The third kappa shape index (κ3) is 3.56. The zero-order chi connectivity index (χ0) is 20.6. The molecular formula is C21H23ClN2O4. The number of Topliss-reactive ketones (excluding diaryl/α,β-unsaturated/α-hetero) is 1. The van der Waals surface area contributed by atoms with E-state index in [-0.39, 0.29) is 23.4 Å². The fraction of sp³-hybridized carbons (Fsp3) is 0.381. The van der Waals surface area contributed by atoms with E-state index in [4.69, 9.17) is 16.3 Å². The zero-order valence-electron chi connectivity index (χ0n) is 16.3. The van der Waals surface area contributed by atoms with Crippen LogP contribution in [0, 0.1) is 13.8 Å². The summed E-state index contributed by atoms with van der Waals surface area (Å²) in [6.07, 6.45) is 1.71. The molecule has 148 valence electrons. The number of hydrogen-bond acceptors (Lipinski definition) is 4. The minimum Gasteiger partial charge on any atom is -0.464 e. The van der Waals surface area contributed by atoms with Crippen molar-refractivity contribution in [3.05, 3.63) is 57.4 Å². The molecule has 1 N–H and O–H groups in total. The number of amides is 1. The standard InChI is InChI=1S/C21H23ClN2O4/c1-11-17(12(2)23-18(11)21(27)28-4)19(25)13(3)24(14-9-10-14)20(26)15-7-5-6-8-16(15)22/h5-8,13-14,23H,9-10H2,1-4H3/t13-/m0/s1. The molecule has 1 aliphatic rings. The Kier molecular flexibility index (Phi) is 5.61. The molecule has 6 nitrogen and oxygen atoms in total. The van der Waals surface area contributed by atoms with Crippen LogP contribution in [0.4, 0.5) is 0 Å². The van der Waals surface area contributed by atoms with Crippen LogP contribution in [-0.4, -0.2) is 46.7 Å². The van der Waals surface area contributed by atoms with Gasteiger partial charge < -0.3 is 14.6 Å². The number of aromatic nitrogens is 1. The Labute approximate surface area is 168 Å². The molecule has 0 saturated heterocycles. The highest BCUT2D eigenvalue weighted by atomic mass is 35.5. The van der Waals surface area contributed by atoms with Gasteiger partial charge >= 0.3 is 5.97 Å². The van der Waals surface area contributed by atoms with Crippen molar-refractivity contribution in [2.75, 3.05) is 7.11 Å². The summed E-state index contributed by atoms with van der Waals surface area (Å²) in [5.41, 5.74) is 2.17. The highest BCUT2D eigenvalue weighted by molar-refractivity contribution is 6.33. The number of carbonyl (C=O) groups is 3. The molecule has 1 aliphatic carbocycles. The molecule has 0 spiro atoms. The van der Waals surface area contributed by atoms with Gasteiger partial charge in [0, 0.05) is 17.3 Å². The van der Waals surface area contributed by atoms with Gasteiger partial charge in [-0.05, 0) is 51.3 Å². The summed E-state index contributed by atoms with van der Waals surface area (Å²) in [6.45, 7) is 5.16. The van der Waals surface area contributed by atoms with Gasteiger partial charge in [-0.1, -0.05) is 23.7 Å². The molecule has 3 rings (SSSR count). The van der Waals surface area contributed by atoms with Gasteiger partial charge in [-0.2, -0.15) is 0 Å². The largest absolute Gasteiger partial charge is 0.464 e. The van der Waals surface area contributed by atoms with E-state index in [9.17, 15) is 14.4 Å². The van der Waals surface area contributed by atoms with Crippen molar-refractivity contribution in [1.29, 1.82) is 0 Å². The second-order valence-electron chi connectivity index (χ2n) is 7.08. The Morgan fingerprint density at radius 1 is 1.21 bits per heavy atom. The summed E-state index contributed by atoms with van der Waals surface area (Å²) in [5.74, 6) is -1.000. The van der Waals surface area contributed by atoms with Crippen molar-refractivity contribution in [2.24, 2.45) is 0 Å². The first-order valence-electron chi connectivity index (χ1n) is 9.16. The maximum Gasteiger partial charge on any atom is 0.354 e. The zero-order valence-corrected chi connectivity index (χ0v) is 17.1. The number of aryl methyl sites for hydroxylation is 1. The fourth-order valence-electron chi connectivity index (χ4n) is 3.55. The van der Waals surface area contributed by atoms with E-state index in [1.54, 1.807) is 49.9 Å². The van der Waals surface area contributed by atoms with Crippen molar-refractivity contribution < 1.29 is 19.1 Å². The molecule has 0 bridgehead atoms. The highest BCUT2D eigenvalue weighted by Gasteiger charge is 2.40. The molecule has 1 aromatic heterocycles. The first kappa shape index (κ1) is 20.1. The maximum absolute atomic E-state index is 13.3. The van der Waals surface area contributed by atoms with Crippen LogP contribution in [0.25, 0.3) is 0 Å². The van der Waals surface area contributed by atoms with Crippen molar-refractivity contribution in [1.82, 2.24) is 9.88 Å². The number of methoxy groups -OCH3 is 1. The van der Waals surface area contributed by atoms with Crippen molar-refractivity contribution in [2.45, 2.75) is 45.7 Å². The number of ether oxygens (including phenoxy) is 1. The van der Waals surface area contributed by atoms with E-state index in [1.807, 2.05) is 0 Å². The average Bonchev–Trinajstić information content (AvgIpc) is 3.45. The van der Waals surface area contributed by atoms with Crippen LogP contribution in [0.2, 0.25) is 5.02 Å². The lowest BCUT2D eigenvalue weighted by Crippen LogP contribution is -2.45. The number of aromatic amines is 1. The lowest BCUT2D eigenvalue weighted by molar-refractivity contribution is 0.0591. The summed E-state index contributed by atoms with van der Waals surface area (Å²) in [5, 5.41) is 0.361. The quantitative estimate of drug-likeness (QED) is 0.586. The smallest absolute Gasteiger partial charge is 0.354 e. The van der Waals surface area contributed by atoms with Crippen LogP contribution in [0.5, 0.6) is 0 Å².